The predicted molar refractivity (Wildman–Crippen MR) is 97.1 cm³/mol. The van der Waals surface area contributed by atoms with Crippen molar-refractivity contribution in [3.63, 3.8) is 0 Å². The zero-order valence-electron chi connectivity index (χ0n) is 12.6. The second kappa shape index (κ2) is 8.07. The Balaban J connectivity index is 2.15. The molecule has 9 heteroatoms. The van der Waals surface area contributed by atoms with Crippen LogP contribution in [0.1, 0.15) is 30.2 Å². The van der Waals surface area contributed by atoms with Gasteiger partial charge in [-0.2, -0.15) is 0 Å². The summed E-state index contributed by atoms with van der Waals surface area (Å²) in [5.74, 6) is 0.345. The Labute approximate surface area is 163 Å². The molecular formula is C15H12Cl5NO3. The summed E-state index contributed by atoms with van der Waals surface area (Å²) in [6, 6.07) is 3.15. The molecule has 1 amide bonds. The number of rotatable bonds is 5. The Bertz CT molecular complexity index is 744. The number of carbonyl (C=O) groups excluding carboxylic acids is 1. The van der Waals surface area contributed by atoms with Gasteiger partial charge in [0.15, 0.2) is 11.5 Å². The maximum absolute atomic E-state index is 11.8. The SMILES string of the molecule is CC(C)NC(=O)c1ccc(COc2c(Cl)c(Cl)c(Cl)c(Cl)c2Cl)o1. The molecule has 0 fully saturated rings. The minimum Gasteiger partial charge on any atom is -0.482 e. The third-order valence-corrected chi connectivity index (χ3v) is 5.08. The van der Waals surface area contributed by atoms with Gasteiger partial charge < -0.3 is 14.5 Å². The molecule has 1 aromatic carbocycles. The van der Waals surface area contributed by atoms with Crippen molar-refractivity contribution in [3.05, 3.63) is 48.8 Å². The molecule has 0 saturated heterocycles. The number of halogens is 5. The molecule has 0 saturated carbocycles. The first-order valence-corrected chi connectivity index (χ1v) is 8.65. The number of carbonyl (C=O) groups is 1. The van der Waals surface area contributed by atoms with Gasteiger partial charge in [0, 0.05) is 6.04 Å². The zero-order chi connectivity index (χ0) is 18.0. The first-order valence-electron chi connectivity index (χ1n) is 6.76. The number of furan rings is 1. The molecule has 1 N–H and O–H groups in total. The highest BCUT2D eigenvalue weighted by Crippen LogP contribution is 2.48. The van der Waals surface area contributed by atoms with E-state index in [-0.39, 0.29) is 55.2 Å². The quantitative estimate of drug-likeness (QED) is 0.449. The Morgan fingerprint density at radius 1 is 1.04 bits per heavy atom. The monoisotopic (exact) mass is 429 g/mol. The van der Waals surface area contributed by atoms with Crippen molar-refractivity contribution in [1.29, 1.82) is 0 Å². The van der Waals surface area contributed by atoms with Crippen LogP contribution in [-0.4, -0.2) is 11.9 Å². The summed E-state index contributed by atoms with van der Waals surface area (Å²) in [6.07, 6.45) is 0. The Kier molecular flexibility index (Phi) is 6.57. The normalized spacial score (nSPS) is 11.0. The predicted octanol–water partition coefficient (Wildman–Crippen LogP) is 6.26. The lowest BCUT2D eigenvalue weighted by Gasteiger charge is -2.12. The van der Waals surface area contributed by atoms with Gasteiger partial charge in [-0.15, -0.1) is 0 Å². The average molecular weight is 432 g/mol. The van der Waals surface area contributed by atoms with Gasteiger partial charge in [-0.05, 0) is 26.0 Å². The highest BCUT2D eigenvalue weighted by molar-refractivity contribution is 6.55. The minimum atomic E-state index is -0.315. The van der Waals surface area contributed by atoms with Crippen LogP contribution < -0.4 is 10.1 Å². The highest BCUT2D eigenvalue weighted by atomic mass is 35.5. The van der Waals surface area contributed by atoms with E-state index in [0.29, 0.717) is 5.76 Å². The van der Waals surface area contributed by atoms with E-state index >= 15 is 0 Å². The van der Waals surface area contributed by atoms with E-state index in [1.807, 2.05) is 13.8 Å². The molecule has 4 nitrogen and oxygen atoms in total. The van der Waals surface area contributed by atoms with E-state index in [1.54, 1.807) is 12.1 Å². The van der Waals surface area contributed by atoms with E-state index in [0.717, 1.165) is 0 Å². The lowest BCUT2D eigenvalue weighted by atomic mass is 10.3. The summed E-state index contributed by atoms with van der Waals surface area (Å²) >= 11 is 30.0. The van der Waals surface area contributed by atoms with Gasteiger partial charge in [0.2, 0.25) is 0 Å². The second-order valence-electron chi connectivity index (χ2n) is 5.08. The van der Waals surface area contributed by atoms with Gasteiger partial charge in [-0.25, -0.2) is 0 Å². The fourth-order valence-corrected chi connectivity index (χ4v) is 3.00. The molecule has 0 aliphatic carbocycles. The van der Waals surface area contributed by atoms with Crippen molar-refractivity contribution >= 4 is 63.9 Å². The zero-order valence-corrected chi connectivity index (χ0v) is 16.3. The number of hydrogen-bond donors (Lipinski definition) is 1. The van der Waals surface area contributed by atoms with Crippen molar-refractivity contribution in [2.24, 2.45) is 0 Å². The number of nitrogens with one attached hydrogen (secondary N) is 1. The smallest absolute Gasteiger partial charge is 0.287 e. The molecule has 0 radical (unpaired) electrons. The summed E-state index contributed by atoms with van der Waals surface area (Å²) in [7, 11) is 0. The van der Waals surface area contributed by atoms with E-state index in [2.05, 4.69) is 5.32 Å². The maximum atomic E-state index is 11.8. The van der Waals surface area contributed by atoms with Crippen LogP contribution in [0.15, 0.2) is 16.5 Å². The van der Waals surface area contributed by atoms with Gasteiger partial charge in [-0.3, -0.25) is 4.79 Å². The molecule has 0 spiro atoms. The molecule has 1 heterocycles. The minimum absolute atomic E-state index is 0.00161. The number of benzene rings is 1. The van der Waals surface area contributed by atoms with Gasteiger partial charge >= 0.3 is 0 Å². The first-order chi connectivity index (χ1) is 11.2. The molecular weight excluding hydrogens is 419 g/mol. The van der Waals surface area contributed by atoms with Crippen LogP contribution in [0.5, 0.6) is 5.75 Å². The largest absolute Gasteiger partial charge is 0.482 e. The fourth-order valence-electron chi connectivity index (χ4n) is 1.77. The Hall–Kier alpha value is -0.780. The van der Waals surface area contributed by atoms with Crippen molar-refractivity contribution in [2.75, 3.05) is 0 Å². The summed E-state index contributed by atoms with van der Waals surface area (Å²) in [4.78, 5) is 11.8. The van der Waals surface area contributed by atoms with Crippen LogP contribution in [0.25, 0.3) is 0 Å². The second-order valence-corrected chi connectivity index (χ2v) is 6.97. The van der Waals surface area contributed by atoms with Crippen molar-refractivity contribution in [2.45, 2.75) is 26.5 Å². The summed E-state index contributed by atoms with van der Waals surface area (Å²) in [6.45, 7) is 3.68. The van der Waals surface area contributed by atoms with E-state index in [1.165, 1.54) is 0 Å². The van der Waals surface area contributed by atoms with E-state index in [9.17, 15) is 4.79 Å². The standard InChI is InChI=1S/C15H12Cl5NO3/c1-6(2)21-15(22)8-4-3-7(24-8)5-23-14-12(19)10(17)9(16)11(18)13(14)20/h3-4,6H,5H2,1-2H3,(H,21,22). The van der Waals surface area contributed by atoms with Gasteiger partial charge in [0.1, 0.15) is 22.4 Å². The molecule has 2 rings (SSSR count). The third-order valence-electron chi connectivity index (χ3n) is 2.83. The summed E-state index contributed by atoms with van der Waals surface area (Å²) in [5.41, 5.74) is 0. The summed E-state index contributed by atoms with van der Waals surface area (Å²) < 4.78 is 10.9. The van der Waals surface area contributed by atoms with E-state index in [4.69, 9.17) is 67.2 Å². The first kappa shape index (κ1) is 19.5. The lowest BCUT2D eigenvalue weighted by Crippen LogP contribution is -2.29. The van der Waals surface area contributed by atoms with Gasteiger partial charge in [-0.1, -0.05) is 58.0 Å². The molecule has 2 aromatic rings. The van der Waals surface area contributed by atoms with Gasteiger partial charge in [0.05, 0.1) is 15.1 Å². The number of amides is 1. The van der Waals surface area contributed by atoms with E-state index < -0.39 is 0 Å². The molecule has 0 atom stereocenters. The lowest BCUT2D eigenvalue weighted by molar-refractivity contribution is 0.0911. The van der Waals surface area contributed by atoms with Crippen LogP contribution in [0.2, 0.25) is 25.1 Å². The molecule has 1 aromatic heterocycles. The molecule has 0 aliphatic heterocycles. The maximum Gasteiger partial charge on any atom is 0.287 e. The van der Waals surface area contributed by atoms with Crippen LogP contribution in [-0.2, 0) is 6.61 Å². The summed E-state index contributed by atoms with van der Waals surface area (Å²) in [5, 5.41) is 2.93. The third kappa shape index (κ3) is 4.24. The molecule has 130 valence electrons. The Morgan fingerprint density at radius 3 is 2.12 bits per heavy atom. The van der Waals surface area contributed by atoms with Crippen LogP contribution >= 0.6 is 58.0 Å². The Morgan fingerprint density at radius 2 is 1.58 bits per heavy atom. The molecule has 24 heavy (non-hydrogen) atoms. The van der Waals surface area contributed by atoms with Crippen molar-refractivity contribution in [1.82, 2.24) is 5.32 Å². The van der Waals surface area contributed by atoms with Gasteiger partial charge in [0.25, 0.3) is 5.91 Å². The molecule has 0 unspecified atom stereocenters. The molecule has 0 bridgehead atoms. The van der Waals surface area contributed by atoms with Crippen molar-refractivity contribution in [3.8, 4) is 5.75 Å². The number of ether oxygens (including phenoxy) is 1. The molecule has 0 aliphatic rings. The number of hydrogen-bond acceptors (Lipinski definition) is 3. The van der Waals surface area contributed by atoms with Crippen molar-refractivity contribution < 1.29 is 13.9 Å². The average Bonchev–Trinajstić information content (AvgIpc) is 2.99. The fraction of sp³-hybridized carbons (Fsp3) is 0.267. The van der Waals surface area contributed by atoms with Crippen LogP contribution in [0, 0.1) is 0 Å². The highest BCUT2D eigenvalue weighted by Gasteiger charge is 2.21. The van der Waals surface area contributed by atoms with Crippen LogP contribution in [0.3, 0.4) is 0 Å². The topological polar surface area (TPSA) is 51.5 Å². The van der Waals surface area contributed by atoms with Crippen LogP contribution in [0.4, 0.5) is 0 Å².